The fourth-order valence-corrected chi connectivity index (χ4v) is 2.52. The highest BCUT2D eigenvalue weighted by Gasteiger charge is 1.97. The third-order valence-electron chi connectivity index (χ3n) is 1.21. The van der Waals surface area contributed by atoms with Crippen LogP contribution < -0.4 is 0 Å². The smallest absolute Gasteiger partial charge is 0.0669 e. The molecule has 1 unspecified atom stereocenters. The van der Waals surface area contributed by atoms with E-state index in [-0.39, 0.29) is 15.8 Å². The fraction of sp³-hybridized carbons (Fsp3) is 1.00. The Hall–Kier alpha value is 0.530. The van der Waals surface area contributed by atoms with E-state index in [9.17, 15) is 0 Å². The zero-order chi connectivity index (χ0) is 8.69. The highest BCUT2D eigenvalue weighted by atomic mass is 32.8. The van der Waals surface area contributed by atoms with E-state index in [1.807, 2.05) is 13.8 Å². The van der Waals surface area contributed by atoms with E-state index in [2.05, 4.69) is 6.92 Å². The van der Waals surface area contributed by atoms with E-state index < -0.39 is 0 Å². The Labute approximate surface area is 77.3 Å². The molecule has 0 spiro atoms. The third kappa shape index (κ3) is 8.44. The summed E-state index contributed by atoms with van der Waals surface area (Å²) in [6, 6.07) is 0. The monoisotopic (exact) mass is 194 g/mol. The van der Waals surface area contributed by atoms with Crippen molar-refractivity contribution in [2.45, 2.75) is 46.1 Å². The molecule has 0 N–H and O–H groups in total. The van der Waals surface area contributed by atoms with Gasteiger partial charge < -0.3 is 4.18 Å². The van der Waals surface area contributed by atoms with Crippen molar-refractivity contribution in [3.05, 3.63) is 0 Å². The minimum atomic E-state index is -0.218. The van der Waals surface area contributed by atoms with Gasteiger partial charge in [0.1, 0.15) is 0 Å². The standard InChI is InChI=1S/C8H18OS2/c1-4-5-6-7-11(10)9-8(2)3/h8H,4-7H2,1-3H3. The first-order valence-electron chi connectivity index (χ1n) is 4.22. The molecule has 0 aliphatic heterocycles. The normalized spacial score (nSPS) is 13.8. The second kappa shape index (κ2) is 7.19. The maximum Gasteiger partial charge on any atom is 0.0669 e. The molecule has 0 aromatic carbocycles. The van der Waals surface area contributed by atoms with Crippen molar-refractivity contribution in [2.24, 2.45) is 0 Å². The summed E-state index contributed by atoms with van der Waals surface area (Å²) in [7, 11) is -0.218. The van der Waals surface area contributed by atoms with Crippen molar-refractivity contribution >= 4 is 20.9 Å². The Morgan fingerprint density at radius 2 is 2.00 bits per heavy atom. The van der Waals surface area contributed by atoms with Crippen LogP contribution >= 0.6 is 0 Å². The highest BCUT2D eigenvalue weighted by molar-refractivity contribution is 8.26. The lowest BCUT2D eigenvalue weighted by Gasteiger charge is -2.08. The molecule has 0 amide bonds. The van der Waals surface area contributed by atoms with Gasteiger partial charge in [0.05, 0.1) is 6.10 Å². The van der Waals surface area contributed by atoms with Crippen LogP contribution in [-0.4, -0.2) is 11.9 Å². The molecule has 0 aliphatic carbocycles. The molecule has 0 saturated heterocycles. The van der Waals surface area contributed by atoms with Crippen LogP contribution in [-0.2, 0) is 25.1 Å². The molecule has 0 radical (unpaired) electrons. The van der Waals surface area contributed by atoms with Crippen molar-refractivity contribution in [3.8, 4) is 0 Å². The first-order chi connectivity index (χ1) is 5.16. The Morgan fingerprint density at radius 1 is 1.36 bits per heavy atom. The summed E-state index contributed by atoms with van der Waals surface area (Å²) in [5.74, 6) is 1.06. The fourth-order valence-electron chi connectivity index (χ4n) is 0.733. The summed E-state index contributed by atoms with van der Waals surface area (Å²) in [4.78, 5) is 0. The first-order valence-corrected chi connectivity index (χ1v) is 6.46. The minimum Gasteiger partial charge on any atom is -0.310 e. The molecule has 0 bridgehead atoms. The van der Waals surface area contributed by atoms with E-state index in [0.29, 0.717) is 0 Å². The van der Waals surface area contributed by atoms with Crippen molar-refractivity contribution in [1.29, 1.82) is 0 Å². The summed E-state index contributed by atoms with van der Waals surface area (Å²) < 4.78 is 5.44. The number of unbranched alkanes of at least 4 members (excludes halogenated alkanes) is 2. The molecule has 0 aromatic rings. The first kappa shape index (κ1) is 11.5. The van der Waals surface area contributed by atoms with Gasteiger partial charge in [-0.05, 0) is 31.5 Å². The van der Waals surface area contributed by atoms with Gasteiger partial charge in [-0.3, -0.25) is 0 Å². The molecule has 68 valence electrons. The SMILES string of the molecule is CCCCCS(=S)OC(C)C. The zero-order valence-electron chi connectivity index (χ0n) is 7.63. The Bertz CT molecular complexity index is 113. The number of rotatable bonds is 6. The minimum absolute atomic E-state index is 0.218. The van der Waals surface area contributed by atoms with E-state index in [0.717, 1.165) is 5.75 Å². The molecule has 1 atom stereocenters. The van der Waals surface area contributed by atoms with Gasteiger partial charge in [-0.1, -0.05) is 19.8 Å². The quantitative estimate of drug-likeness (QED) is 0.601. The summed E-state index contributed by atoms with van der Waals surface area (Å²) in [5, 5.41) is 0. The maximum absolute atomic E-state index is 5.44. The summed E-state index contributed by atoms with van der Waals surface area (Å²) >= 11 is 5.13. The van der Waals surface area contributed by atoms with Gasteiger partial charge in [-0.25, -0.2) is 0 Å². The van der Waals surface area contributed by atoms with Gasteiger partial charge in [0, 0.05) is 15.5 Å². The van der Waals surface area contributed by atoms with E-state index in [1.54, 1.807) is 0 Å². The van der Waals surface area contributed by atoms with Crippen LogP contribution in [0.5, 0.6) is 0 Å². The van der Waals surface area contributed by atoms with Crippen molar-refractivity contribution < 1.29 is 4.18 Å². The Balaban J connectivity index is 3.23. The third-order valence-corrected chi connectivity index (χ3v) is 3.17. The molecule has 0 heterocycles. The van der Waals surface area contributed by atoms with E-state index in [1.165, 1.54) is 19.3 Å². The molecule has 0 rings (SSSR count). The summed E-state index contributed by atoms with van der Waals surface area (Å²) in [6.45, 7) is 6.27. The van der Waals surface area contributed by atoms with Crippen molar-refractivity contribution in [2.75, 3.05) is 5.75 Å². The number of hydrogen-bond acceptors (Lipinski definition) is 2. The van der Waals surface area contributed by atoms with Gasteiger partial charge in [-0.15, -0.1) is 0 Å². The van der Waals surface area contributed by atoms with Gasteiger partial charge >= 0.3 is 0 Å². The molecule has 11 heavy (non-hydrogen) atoms. The molecule has 3 heteroatoms. The molecule has 0 aliphatic rings. The molecule has 0 aromatic heterocycles. The molecular formula is C8H18OS2. The molecule has 0 saturated carbocycles. The molecule has 1 nitrogen and oxygen atoms in total. The van der Waals surface area contributed by atoms with E-state index in [4.69, 9.17) is 15.4 Å². The van der Waals surface area contributed by atoms with Crippen LogP contribution in [0, 0.1) is 0 Å². The Kier molecular flexibility index (Phi) is 7.54. The zero-order valence-corrected chi connectivity index (χ0v) is 9.26. The molecular weight excluding hydrogens is 176 g/mol. The predicted octanol–water partition coefficient (Wildman–Crippen LogP) is 2.60. The second-order valence-corrected chi connectivity index (χ2v) is 5.18. The van der Waals surface area contributed by atoms with Crippen molar-refractivity contribution in [3.63, 3.8) is 0 Å². The van der Waals surface area contributed by atoms with Crippen LogP contribution in [0.2, 0.25) is 0 Å². The topological polar surface area (TPSA) is 9.23 Å². The van der Waals surface area contributed by atoms with Gasteiger partial charge in [0.25, 0.3) is 0 Å². The second-order valence-electron chi connectivity index (χ2n) is 2.86. The predicted molar refractivity (Wildman–Crippen MR) is 55.3 cm³/mol. The summed E-state index contributed by atoms with van der Waals surface area (Å²) in [6.07, 6.45) is 4.04. The van der Waals surface area contributed by atoms with E-state index >= 15 is 0 Å². The van der Waals surface area contributed by atoms with Crippen LogP contribution in [0.25, 0.3) is 0 Å². The van der Waals surface area contributed by atoms with Crippen LogP contribution in [0.3, 0.4) is 0 Å². The highest BCUT2D eigenvalue weighted by Crippen LogP contribution is 2.00. The largest absolute Gasteiger partial charge is 0.310 e. The maximum atomic E-state index is 5.44. The average Bonchev–Trinajstić information content (AvgIpc) is 1.86. The summed E-state index contributed by atoms with van der Waals surface area (Å²) in [5.41, 5.74) is 0. The molecule has 0 fully saturated rings. The average molecular weight is 194 g/mol. The van der Waals surface area contributed by atoms with Gasteiger partial charge in [0.2, 0.25) is 0 Å². The lowest BCUT2D eigenvalue weighted by Crippen LogP contribution is -2.07. The van der Waals surface area contributed by atoms with Crippen LogP contribution in [0.4, 0.5) is 0 Å². The van der Waals surface area contributed by atoms with Crippen LogP contribution in [0.1, 0.15) is 40.0 Å². The van der Waals surface area contributed by atoms with Crippen LogP contribution in [0.15, 0.2) is 0 Å². The lowest BCUT2D eigenvalue weighted by atomic mass is 10.3. The lowest BCUT2D eigenvalue weighted by molar-refractivity contribution is 0.285. The van der Waals surface area contributed by atoms with Gasteiger partial charge in [-0.2, -0.15) is 0 Å². The van der Waals surface area contributed by atoms with Gasteiger partial charge in [0.15, 0.2) is 0 Å². The number of hydrogen-bond donors (Lipinski definition) is 0. The van der Waals surface area contributed by atoms with Crippen molar-refractivity contribution in [1.82, 2.24) is 0 Å². The Morgan fingerprint density at radius 3 is 2.45 bits per heavy atom.